The fraction of sp³-hybridized carbons (Fsp3) is 0.222. The van der Waals surface area contributed by atoms with Crippen LogP contribution in [0.25, 0.3) is 16.3 Å². The molecule has 0 aliphatic rings. The Morgan fingerprint density at radius 2 is 1.74 bits per heavy atom. The van der Waals surface area contributed by atoms with Crippen molar-refractivity contribution in [2.45, 2.75) is 26.7 Å². The van der Waals surface area contributed by atoms with Crippen LogP contribution in [0, 0.1) is 0 Å². The van der Waals surface area contributed by atoms with Gasteiger partial charge in [0.25, 0.3) is 11.7 Å². The van der Waals surface area contributed by atoms with E-state index >= 15 is 0 Å². The van der Waals surface area contributed by atoms with Crippen LogP contribution in [0.2, 0.25) is 0 Å². The van der Waals surface area contributed by atoms with Crippen LogP contribution in [-0.4, -0.2) is 35.3 Å². The number of pyridine rings is 1. The molecule has 2 heterocycles. The number of carbonyl (C=O) groups is 3. The van der Waals surface area contributed by atoms with Gasteiger partial charge in [-0.1, -0.05) is 49.4 Å². The Hall–Kier alpha value is -4.13. The van der Waals surface area contributed by atoms with E-state index in [0.29, 0.717) is 24.1 Å². The zero-order valence-corrected chi connectivity index (χ0v) is 19.2. The molecule has 2 N–H and O–H groups in total. The zero-order valence-electron chi connectivity index (χ0n) is 19.2. The largest absolute Gasteiger partial charge is 0.480 e. The number of rotatable bonds is 9. The van der Waals surface area contributed by atoms with Crippen molar-refractivity contribution in [1.82, 2.24) is 4.40 Å². The number of ketones is 1. The molecule has 0 bridgehead atoms. The molecular formula is C27H26N2O5. The molecule has 0 aliphatic carbocycles. The van der Waals surface area contributed by atoms with E-state index in [2.05, 4.69) is 24.3 Å². The van der Waals surface area contributed by atoms with E-state index in [9.17, 15) is 14.4 Å². The summed E-state index contributed by atoms with van der Waals surface area (Å²) in [5.74, 6) is -2.05. The van der Waals surface area contributed by atoms with E-state index in [1.807, 2.05) is 35.7 Å². The van der Waals surface area contributed by atoms with Gasteiger partial charge in [0.15, 0.2) is 6.61 Å². The van der Waals surface area contributed by atoms with Gasteiger partial charge in [0, 0.05) is 18.3 Å². The molecule has 4 aromatic rings. The molecule has 1 amide bonds. The fourth-order valence-corrected chi connectivity index (χ4v) is 4.41. The smallest absolute Gasteiger partial charge is 0.344 e. The first-order chi connectivity index (χ1) is 16.5. The minimum absolute atomic E-state index is 0.213. The summed E-state index contributed by atoms with van der Waals surface area (Å²) < 4.78 is 12.5. The number of hydrogen-bond donors (Lipinski definition) is 1. The maximum atomic E-state index is 13.0. The molecule has 34 heavy (non-hydrogen) atoms. The van der Waals surface area contributed by atoms with Gasteiger partial charge in [0.05, 0.1) is 17.7 Å². The summed E-state index contributed by atoms with van der Waals surface area (Å²) >= 11 is 0. The molecule has 4 rings (SSSR count). The van der Waals surface area contributed by atoms with Gasteiger partial charge in [-0.05, 0) is 47.4 Å². The first-order valence-electron chi connectivity index (χ1n) is 11.2. The van der Waals surface area contributed by atoms with Crippen LogP contribution in [0.1, 0.15) is 41.0 Å². The number of esters is 1. The average molecular weight is 459 g/mol. The maximum Gasteiger partial charge on any atom is 0.344 e. The first-order valence-corrected chi connectivity index (χ1v) is 11.2. The van der Waals surface area contributed by atoms with Gasteiger partial charge in [-0.2, -0.15) is 0 Å². The summed E-state index contributed by atoms with van der Waals surface area (Å²) in [6, 6.07) is 17.7. The van der Waals surface area contributed by atoms with E-state index in [0.717, 1.165) is 27.6 Å². The van der Waals surface area contributed by atoms with Crippen molar-refractivity contribution in [3.05, 3.63) is 83.2 Å². The van der Waals surface area contributed by atoms with Crippen LogP contribution in [0.5, 0.6) is 5.75 Å². The second-order valence-electron chi connectivity index (χ2n) is 7.85. The molecule has 174 valence electrons. The number of amides is 1. The Morgan fingerprint density at radius 3 is 2.47 bits per heavy atom. The molecule has 0 unspecified atom stereocenters. The molecule has 2 aromatic carbocycles. The van der Waals surface area contributed by atoms with E-state index in [-0.39, 0.29) is 18.8 Å². The SMILES string of the molecule is CCOC(=O)COc1cccn2c(Cc3cccc4ccccc34)c(CC)c(C(=O)C(N)=O)c12. The van der Waals surface area contributed by atoms with Crippen LogP contribution in [0.4, 0.5) is 0 Å². The van der Waals surface area contributed by atoms with Crippen molar-refractivity contribution in [2.75, 3.05) is 13.2 Å². The average Bonchev–Trinajstić information content (AvgIpc) is 3.16. The summed E-state index contributed by atoms with van der Waals surface area (Å²) in [6.45, 7) is 3.56. The Balaban J connectivity index is 1.91. The summed E-state index contributed by atoms with van der Waals surface area (Å²) in [5.41, 5.74) is 8.72. The third-order valence-electron chi connectivity index (χ3n) is 5.83. The molecule has 0 fully saturated rings. The number of aromatic nitrogens is 1. The van der Waals surface area contributed by atoms with Crippen molar-refractivity contribution in [2.24, 2.45) is 5.73 Å². The van der Waals surface area contributed by atoms with Crippen molar-refractivity contribution in [1.29, 1.82) is 0 Å². The molecule has 0 atom stereocenters. The molecule has 0 radical (unpaired) electrons. The van der Waals surface area contributed by atoms with Crippen LogP contribution in [0.15, 0.2) is 60.8 Å². The van der Waals surface area contributed by atoms with E-state index < -0.39 is 17.7 Å². The normalized spacial score (nSPS) is 11.0. The van der Waals surface area contributed by atoms with Gasteiger partial charge in [0.1, 0.15) is 5.75 Å². The maximum absolute atomic E-state index is 13.0. The predicted molar refractivity (Wildman–Crippen MR) is 129 cm³/mol. The second kappa shape index (κ2) is 9.79. The topological polar surface area (TPSA) is 100 Å². The highest BCUT2D eigenvalue weighted by atomic mass is 16.6. The lowest BCUT2D eigenvalue weighted by Crippen LogP contribution is -2.24. The molecule has 0 aliphatic heterocycles. The number of ether oxygens (including phenoxy) is 2. The standard InChI is InChI=1S/C27H26N2O5/c1-3-19-21(15-18-11-7-10-17-9-5-6-12-20(17)18)29-14-8-13-22(34-16-23(30)33-4-2)25(29)24(19)26(31)27(28)32/h5-14H,3-4,15-16H2,1-2H3,(H2,28,32). The quantitative estimate of drug-likeness (QED) is 0.233. The molecule has 7 heteroatoms. The highest BCUT2D eigenvalue weighted by Gasteiger charge is 2.28. The minimum Gasteiger partial charge on any atom is -0.480 e. The number of carbonyl (C=O) groups excluding carboxylic acids is 3. The van der Waals surface area contributed by atoms with Crippen molar-refractivity contribution in [3.63, 3.8) is 0 Å². The monoisotopic (exact) mass is 458 g/mol. The highest BCUT2D eigenvalue weighted by Crippen LogP contribution is 2.34. The van der Waals surface area contributed by atoms with Crippen LogP contribution in [0.3, 0.4) is 0 Å². The number of nitrogens with zero attached hydrogens (tertiary/aromatic N) is 1. The summed E-state index contributed by atoms with van der Waals surface area (Å²) in [4.78, 5) is 36.8. The van der Waals surface area contributed by atoms with Crippen LogP contribution >= 0.6 is 0 Å². The van der Waals surface area contributed by atoms with Gasteiger partial charge in [-0.15, -0.1) is 0 Å². The summed E-state index contributed by atoms with van der Waals surface area (Å²) in [5, 5.41) is 2.23. The molecular weight excluding hydrogens is 432 g/mol. The molecule has 2 aromatic heterocycles. The fourth-order valence-electron chi connectivity index (χ4n) is 4.41. The third-order valence-corrected chi connectivity index (χ3v) is 5.83. The lowest BCUT2D eigenvalue weighted by molar-refractivity contribution is -0.145. The summed E-state index contributed by atoms with van der Waals surface area (Å²) in [6.07, 6.45) is 2.86. The molecule has 0 saturated heterocycles. The third kappa shape index (κ3) is 4.24. The minimum atomic E-state index is -1.04. The van der Waals surface area contributed by atoms with Gasteiger partial charge >= 0.3 is 5.97 Å². The molecule has 0 spiro atoms. The number of nitrogens with two attached hydrogens (primary N) is 1. The lowest BCUT2D eigenvalue weighted by atomic mass is 9.96. The van der Waals surface area contributed by atoms with Crippen LogP contribution < -0.4 is 10.5 Å². The Labute approximate surface area is 197 Å². The van der Waals surface area contributed by atoms with Gasteiger partial charge in [0.2, 0.25) is 0 Å². The zero-order chi connectivity index (χ0) is 24.2. The first kappa shape index (κ1) is 23.0. The van der Waals surface area contributed by atoms with Gasteiger partial charge in [-0.25, -0.2) is 4.79 Å². The van der Waals surface area contributed by atoms with Crippen molar-refractivity contribution in [3.8, 4) is 5.75 Å². The highest BCUT2D eigenvalue weighted by molar-refractivity contribution is 6.44. The van der Waals surface area contributed by atoms with Crippen molar-refractivity contribution < 1.29 is 23.9 Å². The van der Waals surface area contributed by atoms with Gasteiger partial charge in [-0.3, -0.25) is 9.59 Å². The number of Topliss-reactive ketones (excluding diaryl/α,β-unsaturated/α-hetero) is 1. The summed E-state index contributed by atoms with van der Waals surface area (Å²) in [7, 11) is 0. The Morgan fingerprint density at radius 1 is 0.971 bits per heavy atom. The second-order valence-corrected chi connectivity index (χ2v) is 7.85. The van der Waals surface area contributed by atoms with E-state index in [1.165, 1.54) is 0 Å². The Kier molecular flexibility index (Phi) is 6.63. The van der Waals surface area contributed by atoms with Crippen LogP contribution in [-0.2, 0) is 27.2 Å². The van der Waals surface area contributed by atoms with Crippen molar-refractivity contribution >= 4 is 33.9 Å². The predicted octanol–water partition coefficient (Wildman–Crippen LogP) is 3.86. The molecule has 0 saturated carbocycles. The number of fused-ring (bicyclic) bond motifs is 2. The van der Waals surface area contributed by atoms with Gasteiger partial charge < -0.3 is 19.6 Å². The Bertz CT molecular complexity index is 1400. The lowest BCUT2D eigenvalue weighted by Gasteiger charge is -2.11. The number of hydrogen-bond acceptors (Lipinski definition) is 5. The number of benzene rings is 2. The van der Waals surface area contributed by atoms with E-state index in [1.54, 1.807) is 19.1 Å². The van der Waals surface area contributed by atoms with E-state index in [4.69, 9.17) is 15.2 Å². The molecule has 7 nitrogen and oxygen atoms in total. The number of primary amides is 1.